The molecular formula is C34H42Si. The number of benzene rings is 3. The van der Waals surface area contributed by atoms with Crippen molar-refractivity contribution in [2.75, 3.05) is 0 Å². The highest BCUT2D eigenvalue weighted by Crippen LogP contribution is 2.36. The number of hydrogen-bond acceptors (Lipinski definition) is 0. The van der Waals surface area contributed by atoms with Gasteiger partial charge in [-0.15, -0.1) is 6.58 Å². The molecule has 1 aliphatic heterocycles. The quantitative estimate of drug-likeness (QED) is 0.140. The minimum atomic E-state index is -1.76. The van der Waals surface area contributed by atoms with Gasteiger partial charge in [-0.2, -0.15) is 0 Å². The van der Waals surface area contributed by atoms with Crippen LogP contribution in [-0.4, -0.2) is 8.07 Å². The summed E-state index contributed by atoms with van der Waals surface area (Å²) >= 11 is 0. The Bertz CT molecular complexity index is 1150. The maximum atomic E-state index is 3.93. The molecule has 0 spiro atoms. The Morgan fingerprint density at radius 2 is 1.31 bits per heavy atom. The molecule has 0 N–H and O–H groups in total. The number of rotatable bonds is 12. The van der Waals surface area contributed by atoms with Crippen LogP contribution < -0.4 is 10.4 Å². The molecule has 0 fully saturated rings. The van der Waals surface area contributed by atoms with Gasteiger partial charge in [0.05, 0.1) is 0 Å². The highest BCUT2D eigenvalue weighted by Gasteiger charge is 2.44. The first kappa shape index (κ1) is 24.3. The van der Waals surface area contributed by atoms with Crippen LogP contribution in [0.1, 0.15) is 72.8 Å². The normalized spacial score (nSPS) is 14.7. The lowest BCUT2D eigenvalue weighted by molar-refractivity contribution is 0.700. The van der Waals surface area contributed by atoms with E-state index in [1.807, 2.05) is 0 Å². The summed E-state index contributed by atoms with van der Waals surface area (Å²) in [6, 6.07) is 24.7. The number of aryl methyl sites for hydroxylation is 5. The van der Waals surface area contributed by atoms with Gasteiger partial charge in [0.15, 0.2) is 0 Å². The van der Waals surface area contributed by atoms with Gasteiger partial charge in [-0.05, 0) is 103 Å². The third kappa shape index (κ3) is 4.98. The number of hydrogen-bond donors (Lipinski definition) is 0. The average molecular weight is 479 g/mol. The molecule has 5 rings (SSSR count). The van der Waals surface area contributed by atoms with Gasteiger partial charge in [-0.3, -0.25) is 0 Å². The Kier molecular flexibility index (Phi) is 7.44. The fraction of sp³-hybridized carbons (Fsp3) is 0.412. The van der Waals surface area contributed by atoms with Crippen LogP contribution >= 0.6 is 0 Å². The molecule has 3 aromatic carbocycles. The number of unbranched alkanes of at least 4 members (excludes halogenated alkanes) is 5. The van der Waals surface area contributed by atoms with Gasteiger partial charge in [-0.1, -0.05) is 97.5 Å². The zero-order chi connectivity index (χ0) is 24.3. The van der Waals surface area contributed by atoms with Gasteiger partial charge in [0, 0.05) is 0 Å². The molecule has 0 unspecified atom stereocenters. The van der Waals surface area contributed by atoms with E-state index in [9.17, 15) is 0 Å². The summed E-state index contributed by atoms with van der Waals surface area (Å²) in [5.41, 5.74) is 10.7. The van der Waals surface area contributed by atoms with Crippen LogP contribution in [0.3, 0.4) is 0 Å². The molecule has 0 nitrogen and oxygen atoms in total. The molecule has 1 aliphatic carbocycles. The Morgan fingerprint density at radius 3 is 1.89 bits per heavy atom. The lowest BCUT2D eigenvalue weighted by Gasteiger charge is -2.31. The number of fused-ring (bicyclic) bond motifs is 4. The summed E-state index contributed by atoms with van der Waals surface area (Å²) < 4.78 is 0. The van der Waals surface area contributed by atoms with E-state index in [4.69, 9.17) is 0 Å². The summed E-state index contributed by atoms with van der Waals surface area (Å²) in [5, 5.41) is 3.48. The Morgan fingerprint density at radius 1 is 0.686 bits per heavy atom. The summed E-state index contributed by atoms with van der Waals surface area (Å²) in [4.78, 5) is 0. The molecule has 182 valence electrons. The predicted molar refractivity (Wildman–Crippen MR) is 156 cm³/mol. The van der Waals surface area contributed by atoms with E-state index < -0.39 is 8.07 Å². The van der Waals surface area contributed by atoms with Crippen molar-refractivity contribution in [1.29, 1.82) is 0 Å². The molecule has 0 radical (unpaired) electrons. The predicted octanol–water partition coefficient (Wildman–Crippen LogP) is 8.10. The van der Waals surface area contributed by atoms with E-state index >= 15 is 0 Å². The molecule has 1 heteroatoms. The van der Waals surface area contributed by atoms with Crippen LogP contribution in [0.15, 0.2) is 67.3 Å². The first-order chi connectivity index (χ1) is 17.1. The maximum Gasteiger partial charge on any atom is 0.119 e. The van der Waals surface area contributed by atoms with Crippen molar-refractivity contribution in [3.8, 4) is 11.1 Å². The third-order valence-corrected chi connectivity index (χ3v) is 14.0. The summed E-state index contributed by atoms with van der Waals surface area (Å²) in [5.74, 6) is 0. The molecule has 0 saturated carbocycles. The minimum absolute atomic E-state index is 1.16. The van der Waals surface area contributed by atoms with Gasteiger partial charge in [0.1, 0.15) is 8.07 Å². The first-order valence-corrected chi connectivity index (χ1v) is 16.5. The standard InChI is InChI=1S/C34H42Si/c1-4-5-6-7-10-21-35(22-11-8-9-12-28-15-16-29-17-18-30(29)25-28)33-23-26(2)13-19-31(33)32-20-14-27(3)24-34(32)35/h4,13-16,19-20,23-25H,1,5-12,17-18,21-22H2,2-3H3. The summed E-state index contributed by atoms with van der Waals surface area (Å²) in [6.45, 7) is 8.50. The maximum absolute atomic E-state index is 3.93. The van der Waals surface area contributed by atoms with E-state index in [-0.39, 0.29) is 0 Å². The second-order valence-corrected chi connectivity index (χ2v) is 15.5. The molecule has 0 saturated heterocycles. The monoisotopic (exact) mass is 478 g/mol. The third-order valence-electron chi connectivity index (χ3n) is 8.69. The van der Waals surface area contributed by atoms with Crippen LogP contribution in [0, 0.1) is 13.8 Å². The SMILES string of the molecule is C=CCCCCC[Si]1(CCCCCc2ccc3c(c2)CC3)c2cc(C)ccc2-c2ccc(C)cc21. The highest BCUT2D eigenvalue weighted by atomic mass is 28.3. The molecule has 0 bridgehead atoms. The van der Waals surface area contributed by atoms with E-state index in [1.165, 1.54) is 81.0 Å². The zero-order valence-electron chi connectivity index (χ0n) is 22.0. The molecule has 0 amide bonds. The Labute approximate surface area is 214 Å². The highest BCUT2D eigenvalue weighted by molar-refractivity contribution is 7.05. The van der Waals surface area contributed by atoms with Crippen LogP contribution in [0.25, 0.3) is 11.1 Å². The van der Waals surface area contributed by atoms with Crippen molar-refractivity contribution in [3.63, 3.8) is 0 Å². The van der Waals surface area contributed by atoms with E-state index in [0.717, 1.165) is 6.42 Å². The van der Waals surface area contributed by atoms with Gasteiger partial charge in [-0.25, -0.2) is 0 Å². The van der Waals surface area contributed by atoms with Crippen LogP contribution in [-0.2, 0) is 19.3 Å². The second kappa shape index (κ2) is 10.7. The van der Waals surface area contributed by atoms with E-state index in [2.05, 4.69) is 81.1 Å². The average Bonchev–Trinajstić information content (AvgIpc) is 3.09. The van der Waals surface area contributed by atoms with Crippen molar-refractivity contribution in [1.82, 2.24) is 0 Å². The minimum Gasteiger partial charge on any atom is -0.103 e. The van der Waals surface area contributed by atoms with Crippen molar-refractivity contribution >= 4 is 18.4 Å². The van der Waals surface area contributed by atoms with E-state index in [0.29, 0.717) is 0 Å². The van der Waals surface area contributed by atoms with Crippen LogP contribution in [0.5, 0.6) is 0 Å². The van der Waals surface area contributed by atoms with Crippen molar-refractivity contribution in [2.24, 2.45) is 0 Å². The lowest BCUT2D eigenvalue weighted by Crippen LogP contribution is -2.55. The molecule has 2 aliphatic rings. The Balaban J connectivity index is 1.34. The summed E-state index contributed by atoms with van der Waals surface area (Å²) in [7, 11) is -1.76. The lowest BCUT2D eigenvalue weighted by atomic mass is 9.86. The topological polar surface area (TPSA) is 0 Å². The van der Waals surface area contributed by atoms with Gasteiger partial charge in [0.2, 0.25) is 0 Å². The van der Waals surface area contributed by atoms with Gasteiger partial charge < -0.3 is 0 Å². The molecule has 1 heterocycles. The number of allylic oxidation sites excluding steroid dienone is 1. The first-order valence-electron chi connectivity index (χ1n) is 14.0. The van der Waals surface area contributed by atoms with E-state index in [1.54, 1.807) is 38.2 Å². The smallest absolute Gasteiger partial charge is 0.103 e. The van der Waals surface area contributed by atoms with Crippen LogP contribution in [0.2, 0.25) is 12.1 Å². The second-order valence-electron chi connectivity index (χ2n) is 11.2. The summed E-state index contributed by atoms with van der Waals surface area (Å²) in [6.07, 6.45) is 15.1. The van der Waals surface area contributed by atoms with Crippen LogP contribution in [0.4, 0.5) is 0 Å². The van der Waals surface area contributed by atoms with Crippen molar-refractivity contribution in [3.05, 3.63) is 95.1 Å². The van der Waals surface area contributed by atoms with Crippen molar-refractivity contribution in [2.45, 2.75) is 90.1 Å². The molecule has 3 aromatic rings. The zero-order valence-corrected chi connectivity index (χ0v) is 23.0. The molecule has 0 aromatic heterocycles. The fourth-order valence-corrected chi connectivity index (χ4v) is 12.4. The fourth-order valence-electron chi connectivity index (χ4n) is 6.62. The largest absolute Gasteiger partial charge is 0.119 e. The van der Waals surface area contributed by atoms with Gasteiger partial charge >= 0.3 is 0 Å². The van der Waals surface area contributed by atoms with Gasteiger partial charge in [0.25, 0.3) is 0 Å². The molecule has 0 atom stereocenters. The van der Waals surface area contributed by atoms with Crippen molar-refractivity contribution < 1.29 is 0 Å². The Hall–Kier alpha value is -2.38. The molecular weight excluding hydrogens is 436 g/mol. The molecule has 35 heavy (non-hydrogen) atoms.